The molecule has 25 heavy (non-hydrogen) atoms. The molecule has 4 nitrogen and oxygen atoms in total. The molecule has 0 N–H and O–H groups in total. The highest BCUT2D eigenvalue weighted by atomic mass is 32.2. The second-order valence-electron chi connectivity index (χ2n) is 5.62. The number of carbonyl (C=O) groups is 1. The van der Waals surface area contributed by atoms with Crippen LogP contribution in [0.25, 0.3) is 6.08 Å². The SMILES string of the molecule is CCN1C(=O)C(=Cc2ccc(C)c(OC)c2)SC1=Nc1ccccc1. The Bertz CT molecular complexity index is 844. The maximum absolute atomic E-state index is 12.7. The highest BCUT2D eigenvalue weighted by molar-refractivity contribution is 8.18. The molecule has 2 aromatic carbocycles. The molecule has 0 radical (unpaired) electrons. The van der Waals surface area contributed by atoms with Crippen LogP contribution >= 0.6 is 11.8 Å². The van der Waals surface area contributed by atoms with Gasteiger partial charge in [-0.15, -0.1) is 0 Å². The molecule has 5 heteroatoms. The second-order valence-corrected chi connectivity index (χ2v) is 6.63. The van der Waals surface area contributed by atoms with Crippen molar-refractivity contribution >= 4 is 34.6 Å². The number of amidine groups is 1. The van der Waals surface area contributed by atoms with Gasteiger partial charge in [0.15, 0.2) is 5.17 Å². The van der Waals surface area contributed by atoms with E-state index in [-0.39, 0.29) is 5.91 Å². The Hall–Kier alpha value is -2.53. The molecule has 3 rings (SSSR count). The predicted molar refractivity (Wildman–Crippen MR) is 104 cm³/mol. The second kappa shape index (κ2) is 7.57. The number of rotatable bonds is 4. The van der Waals surface area contributed by atoms with E-state index in [0.717, 1.165) is 22.6 Å². The molecule has 1 heterocycles. The number of nitrogens with zero attached hydrogens (tertiary/aromatic N) is 2. The third-order valence-electron chi connectivity index (χ3n) is 3.92. The van der Waals surface area contributed by atoms with Gasteiger partial charge in [0.25, 0.3) is 5.91 Å². The molecule has 0 aliphatic carbocycles. The number of amides is 1. The van der Waals surface area contributed by atoms with Crippen LogP contribution in [0.15, 0.2) is 58.4 Å². The number of carbonyl (C=O) groups excluding carboxylic acids is 1. The van der Waals surface area contributed by atoms with Gasteiger partial charge < -0.3 is 4.74 Å². The molecule has 1 aliphatic rings. The van der Waals surface area contributed by atoms with Gasteiger partial charge in [-0.05, 0) is 61.0 Å². The molecule has 1 aliphatic heterocycles. The number of aryl methyl sites for hydroxylation is 1. The third kappa shape index (κ3) is 3.77. The molecular formula is C20H20N2O2S. The molecule has 0 bridgehead atoms. The van der Waals surface area contributed by atoms with Gasteiger partial charge >= 0.3 is 0 Å². The summed E-state index contributed by atoms with van der Waals surface area (Å²) in [6.07, 6.45) is 1.89. The molecule has 0 atom stereocenters. The zero-order valence-corrected chi connectivity index (χ0v) is 15.3. The van der Waals surface area contributed by atoms with Crippen molar-refractivity contribution in [1.82, 2.24) is 4.90 Å². The molecule has 1 amide bonds. The molecular weight excluding hydrogens is 332 g/mol. The minimum Gasteiger partial charge on any atom is -0.496 e. The normalized spacial score (nSPS) is 17.6. The van der Waals surface area contributed by atoms with E-state index in [1.807, 2.05) is 68.5 Å². The van der Waals surface area contributed by atoms with Gasteiger partial charge in [-0.1, -0.05) is 30.3 Å². The van der Waals surface area contributed by atoms with Gasteiger partial charge in [0.1, 0.15) is 5.75 Å². The number of benzene rings is 2. The van der Waals surface area contributed by atoms with Gasteiger partial charge in [0.2, 0.25) is 0 Å². The number of aliphatic imine (C=N–C) groups is 1. The highest BCUT2D eigenvalue weighted by Gasteiger charge is 2.32. The lowest BCUT2D eigenvalue weighted by Gasteiger charge is -2.11. The largest absolute Gasteiger partial charge is 0.496 e. The molecule has 1 saturated heterocycles. The van der Waals surface area contributed by atoms with Crippen molar-refractivity contribution in [1.29, 1.82) is 0 Å². The summed E-state index contributed by atoms with van der Waals surface area (Å²) in [5, 5.41) is 0.712. The number of hydrogen-bond acceptors (Lipinski definition) is 4. The quantitative estimate of drug-likeness (QED) is 0.754. The molecule has 1 fully saturated rings. The van der Waals surface area contributed by atoms with Crippen LogP contribution in [0.5, 0.6) is 5.75 Å². The number of hydrogen-bond donors (Lipinski definition) is 0. The van der Waals surface area contributed by atoms with Crippen LogP contribution < -0.4 is 4.74 Å². The van der Waals surface area contributed by atoms with Crippen LogP contribution in [0.2, 0.25) is 0 Å². The summed E-state index contributed by atoms with van der Waals surface area (Å²) in [5.74, 6) is 0.803. The molecule has 0 saturated carbocycles. The van der Waals surface area contributed by atoms with E-state index in [1.165, 1.54) is 11.8 Å². The number of methoxy groups -OCH3 is 1. The van der Waals surface area contributed by atoms with Crippen LogP contribution in [0.3, 0.4) is 0 Å². The van der Waals surface area contributed by atoms with E-state index < -0.39 is 0 Å². The van der Waals surface area contributed by atoms with Crippen molar-refractivity contribution in [2.24, 2.45) is 4.99 Å². The van der Waals surface area contributed by atoms with Gasteiger partial charge in [-0.3, -0.25) is 9.69 Å². The van der Waals surface area contributed by atoms with Crippen molar-refractivity contribution in [3.63, 3.8) is 0 Å². The van der Waals surface area contributed by atoms with Crippen molar-refractivity contribution < 1.29 is 9.53 Å². The fraction of sp³-hybridized carbons (Fsp3) is 0.200. The van der Waals surface area contributed by atoms with Gasteiger partial charge in [-0.25, -0.2) is 4.99 Å². The van der Waals surface area contributed by atoms with E-state index in [0.29, 0.717) is 16.6 Å². The van der Waals surface area contributed by atoms with E-state index in [4.69, 9.17) is 4.74 Å². The Morgan fingerprint density at radius 2 is 1.96 bits per heavy atom. The van der Waals surface area contributed by atoms with E-state index in [2.05, 4.69) is 4.99 Å². The highest BCUT2D eigenvalue weighted by Crippen LogP contribution is 2.34. The first kappa shape index (κ1) is 17.3. The summed E-state index contributed by atoms with van der Waals surface area (Å²) >= 11 is 1.41. The van der Waals surface area contributed by atoms with Crippen LogP contribution in [0, 0.1) is 6.92 Å². The van der Waals surface area contributed by atoms with E-state index in [9.17, 15) is 4.79 Å². The van der Waals surface area contributed by atoms with E-state index >= 15 is 0 Å². The van der Waals surface area contributed by atoms with Crippen LogP contribution in [-0.4, -0.2) is 29.6 Å². The first-order chi connectivity index (χ1) is 12.1. The minimum absolute atomic E-state index is 0.0123. The fourth-order valence-electron chi connectivity index (χ4n) is 2.56. The zero-order chi connectivity index (χ0) is 17.8. The Labute approximate surface area is 152 Å². The summed E-state index contributed by atoms with van der Waals surface area (Å²) < 4.78 is 5.36. The Balaban J connectivity index is 1.93. The minimum atomic E-state index is -0.0123. The number of para-hydroxylation sites is 1. The van der Waals surface area contributed by atoms with Crippen LogP contribution in [0.4, 0.5) is 5.69 Å². The third-order valence-corrected chi connectivity index (χ3v) is 4.92. The Morgan fingerprint density at radius 1 is 1.20 bits per heavy atom. The number of thioether (sulfide) groups is 1. The van der Waals surface area contributed by atoms with Gasteiger partial charge in [0, 0.05) is 6.54 Å². The molecule has 128 valence electrons. The summed E-state index contributed by atoms with van der Waals surface area (Å²) in [6, 6.07) is 15.6. The predicted octanol–water partition coefficient (Wildman–Crippen LogP) is 4.63. The molecule has 0 aromatic heterocycles. The number of ether oxygens (including phenoxy) is 1. The molecule has 2 aromatic rings. The van der Waals surface area contributed by atoms with Crippen LogP contribution in [-0.2, 0) is 4.79 Å². The first-order valence-electron chi connectivity index (χ1n) is 8.12. The van der Waals surface area contributed by atoms with Crippen molar-refractivity contribution in [2.75, 3.05) is 13.7 Å². The maximum atomic E-state index is 12.7. The fourth-order valence-corrected chi connectivity index (χ4v) is 3.62. The maximum Gasteiger partial charge on any atom is 0.266 e. The lowest BCUT2D eigenvalue weighted by molar-refractivity contribution is -0.122. The van der Waals surface area contributed by atoms with Crippen molar-refractivity contribution in [2.45, 2.75) is 13.8 Å². The number of likely N-dealkylation sites (N-methyl/N-ethyl adjacent to an activating group) is 1. The molecule has 0 spiro atoms. The molecule has 0 unspecified atom stereocenters. The zero-order valence-electron chi connectivity index (χ0n) is 14.5. The van der Waals surface area contributed by atoms with Gasteiger partial charge in [0.05, 0.1) is 17.7 Å². The summed E-state index contributed by atoms with van der Waals surface area (Å²) in [6.45, 7) is 4.54. The lowest BCUT2D eigenvalue weighted by atomic mass is 10.1. The Kier molecular flexibility index (Phi) is 5.24. The van der Waals surface area contributed by atoms with Crippen LogP contribution in [0.1, 0.15) is 18.1 Å². The van der Waals surface area contributed by atoms with Crippen molar-refractivity contribution in [3.05, 3.63) is 64.6 Å². The van der Waals surface area contributed by atoms with E-state index in [1.54, 1.807) is 12.0 Å². The van der Waals surface area contributed by atoms with Gasteiger partial charge in [-0.2, -0.15) is 0 Å². The summed E-state index contributed by atoms with van der Waals surface area (Å²) in [7, 11) is 1.65. The Morgan fingerprint density at radius 3 is 2.64 bits per heavy atom. The lowest BCUT2D eigenvalue weighted by Crippen LogP contribution is -2.28. The summed E-state index contributed by atoms with van der Waals surface area (Å²) in [5.41, 5.74) is 2.85. The smallest absolute Gasteiger partial charge is 0.266 e. The summed E-state index contributed by atoms with van der Waals surface area (Å²) in [4.78, 5) is 19.7. The van der Waals surface area contributed by atoms with Crippen molar-refractivity contribution in [3.8, 4) is 5.75 Å². The monoisotopic (exact) mass is 352 g/mol. The standard InChI is InChI=1S/C20H20N2O2S/c1-4-22-19(23)18(13-15-11-10-14(2)17(12-15)24-3)25-20(22)21-16-8-6-5-7-9-16/h5-13H,4H2,1-3H3. The topological polar surface area (TPSA) is 41.9 Å². The first-order valence-corrected chi connectivity index (χ1v) is 8.94. The average molecular weight is 352 g/mol. The average Bonchev–Trinajstić information content (AvgIpc) is 2.92.